The van der Waals surface area contributed by atoms with E-state index in [0.29, 0.717) is 10.8 Å². The normalized spacial score (nSPS) is 43.1. The molecule has 2 nitrogen and oxygen atoms in total. The van der Waals surface area contributed by atoms with Crippen LogP contribution in [0.15, 0.2) is 24.3 Å². The maximum Gasteiger partial charge on any atom is 0.319 e. The maximum atomic E-state index is 13.1. The Kier molecular flexibility index (Phi) is 7.81. The Labute approximate surface area is 228 Å². The molecule has 0 heterocycles. The molecule has 0 saturated heterocycles. The molecule has 0 amide bonds. The summed E-state index contributed by atoms with van der Waals surface area (Å²) in [5.74, 6) is 6.11. The van der Waals surface area contributed by atoms with Crippen LogP contribution in [0.5, 0.6) is 0 Å². The van der Waals surface area contributed by atoms with Crippen molar-refractivity contribution in [1.29, 1.82) is 0 Å². The zero-order valence-electron chi connectivity index (χ0n) is 24.9. The van der Waals surface area contributed by atoms with Gasteiger partial charge in [-0.3, -0.25) is 4.79 Å². The molecule has 5 rings (SSSR count). The SMILES string of the molecule is CC(C)CCC[C@@H](C)[C@H]1CC[C@H]2[C@@H]3CCC4C[C@@H](OC(=O)C5(C)C=CCC=C5)CC[C@]4(C)[C@H]3CC[C@]12C. The first-order valence-electron chi connectivity index (χ1n) is 16.1. The average Bonchev–Trinajstić information content (AvgIpc) is 3.21. The number of carbonyl (C=O) groups is 1. The molecule has 0 aliphatic heterocycles. The second kappa shape index (κ2) is 10.5. The molecule has 0 bridgehead atoms. The second-order valence-corrected chi connectivity index (χ2v) is 15.3. The van der Waals surface area contributed by atoms with E-state index in [-0.39, 0.29) is 12.1 Å². The number of allylic oxidation sites excluding steroid dienone is 2. The van der Waals surface area contributed by atoms with E-state index < -0.39 is 5.41 Å². The highest BCUT2D eigenvalue weighted by atomic mass is 16.5. The lowest BCUT2D eigenvalue weighted by molar-refractivity contribution is -0.168. The molecular formula is C35H56O2. The molecule has 5 aliphatic carbocycles. The van der Waals surface area contributed by atoms with Gasteiger partial charge in [-0.15, -0.1) is 0 Å². The van der Waals surface area contributed by atoms with Crippen LogP contribution in [0.25, 0.3) is 0 Å². The fraction of sp³-hybridized carbons (Fsp3) is 0.857. The van der Waals surface area contributed by atoms with Crippen molar-refractivity contribution in [2.45, 2.75) is 131 Å². The van der Waals surface area contributed by atoms with Crippen LogP contribution in [-0.2, 0) is 9.53 Å². The molecule has 0 aromatic carbocycles. The first kappa shape index (κ1) is 27.5. The van der Waals surface area contributed by atoms with Gasteiger partial charge in [0.2, 0.25) is 0 Å². The largest absolute Gasteiger partial charge is 0.461 e. The van der Waals surface area contributed by atoms with Crippen molar-refractivity contribution in [3.05, 3.63) is 24.3 Å². The van der Waals surface area contributed by atoms with Gasteiger partial charge in [-0.25, -0.2) is 0 Å². The van der Waals surface area contributed by atoms with E-state index in [1.54, 1.807) is 0 Å². The van der Waals surface area contributed by atoms with Gasteiger partial charge in [0, 0.05) is 0 Å². The van der Waals surface area contributed by atoms with E-state index in [1.165, 1.54) is 64.2 Å². The lowest BCUT2D eigenvalue weighted by atomic mass is 9.44. The third-order valence-electron chi connectivity index (χ3n) is 12.7. The summed E-state index contributed by atoms with van der Waals surface area (Å²) in [4.78, 5) is 13.1. The van der Waals surface area contributed by atoms with Gasteiger partial charge in [-0.1, -0.05) is 78.2 Å². The van der Waals surface area contributed by atoms with E-state index in [4.69, 9.17) is 4.74 Å². The molecule has 1 unspecified atom stereocenters. The average molecular weight is 509 g/mol. The summed E-state index contributed by atoms with van der Waals surface area (Å²) in [5, 5.41) is 0. The number of rotatable bonds is 7. The van der Waals surface area contributed by atoms with Crippen LogP contribution in [0.1, 0.15) is 125 Å². The van der Waals surface area contributed by atoms with Gasteiger partial charge in [-0.2, -0.15) is 0 Å². The van der Waals surface area contributed by atoms with Crippen LogP contribution in [0.2, 0.25) is 0 Å². The minimum Gasteiger partial charge on any atom is -0.461 e. The summed E-state index contributed by atoms with van der Waals surface area (Å²) in [6, 6.07) is 0. The Morgan fingerprint density at radius 2 is 1.57 bits per heavy atom. The molecule has 0 spiro atoms. The number of ether oxygens (including phenoxy) is 1. The Morgan fingerprint density at radius 1 is 0.865 bits per heavy atom. The van der Waals surface area contributed by atoms with Gasteiger partial charge in [-0.05, 0) is 123 Å². The Morgan fingerprint density at radius 3 is 2.30 bits per heavy atom. The molecule has 4 fully saturated rings. The van der Waals surface area contributed by atoms with Crippen LogP contribution in [0.3, 0.4) is 0 Å². The van der Waals surface area contributed by atoms with E-state index in [1.807, 2.05) is 19.1 Å². The Balaban J connectivity index is 1.22. The molecule has 9 atom stereocenters. The number of hydrogen-bond donors (Lipinski definition) is 0. The highest BCUT2D eigenvalue weighted by Crippen LogP contribution is 2.68. The van der Waals surface area contributed by atoms with Gasteiger partial charge in [0.1, 0.15) is 11.5 Å². The van der Waals surface area contributed by atoms with E-state index in [2.05, 4.69) is 46.8 Å². The predicted molar refractivity (Wildman–Crippen MR) is 154 cm³/mol. The summed E-state index contributed by atoms with van der Waals surface area (Å²) >= 11 is 0. The van der Waals surface area contributed by atoms with Crippen LogP contribution in [0, 0.1) is 57.7 Å². The summed E-state index contributed by atoms with van der Waals surface area (Å²) in [5.41, 5.74) is 0.447. The highest BCUT2D eigenvalue weighted by Gasteiger charge is 2.60. The zero-order valence-corrected chi connectivity index (χ0v) is 24.9. The van der Waals surface area contributed by atoms with E-state index in [0.717, 1.165) is 60.7 Å². The fourth-order valence-electron chi connectivity index (χ4n) is 10.5. The fourth-order valence-corrected chi connectivity index (χ4v) is 10.5. The van der Waals surface area contributed by atoms with Crippen molar-refractivity contribution in [1.82, 2.24) is 0 Å². The summed E-state index contributed by atoms with van der Waals surface area (Å²) in [6.07, 6.45) is 25.6. The third-order valence-corrected chi connectivity index (χ3v) is 12.7. The topological polar surface area (TPSA) is 26.3 Å². The molecule has 0 aromatic heterocycles. The lowest BCUT2D eigenvalue weighted by Crippen LogP contribution is -2.54. The lowest BCUT2D eigenvalue weighted by Gasteiger charge is -2.61. The van der Waals surface area contributed by atoms with Crippen LogP contribution < -0.4 is 0 Å². The molecule has 0 aromatic rings. The molecule has 37 heavy (non-hydrogen) atoms. The highest BCUT2D eigenvalue weighted by molar-refractivity contribution is 5.81. The van der Waals surface area contributed by atoms with Crippen molar-refractivity contribution in [2.24, 2.45) is 57.7 Å². The van der Waals surface area contributed by atoms with Crippen molar-refractivity contribution in [3.8, 4) is 0 Å². The molecule has 5 aliphatic rings. The molecular weight excluding hydrogens is 452 g/mol. The molecule has 4 saturated carbocycles. The van der Waals surface area contributed by atoms with Gasteiger partial charge < -0.3 is 4.74 Å². The third kappa shape index (κ3) is 5.02. The number of carbonyl (C=O) groups excluding carboxylic acids is 1. The molecule has 208 valence electrons. The van der Waals surface area contributed by atoms with Gasteiger partial charge in [0.05, 0.1) is 0 Å². The molecule has 0 radical (unpaired) electrons. The van der Waals surface area contributed by atoms with Crippen LogP contribution in [0.4, 0.5) is 0 Å². The minimum absolute atomic E-state index is 0.0464. The summed E-state index contributed by atoms with van der Waals surface area (Å²) in [6.45, 7) is 14.7. The maximum absolute atomic E-state index is 13.1. The van der Waals surface area contributed by atoms with Crippen LogP contribution in [-0.4, -0.2) is 12.1 Å². The minimum atomic E-state index is -0.574. The second-order valence-electron chi connectivity index (χ2n) is 15.3. The summed E-state index contributed by atoms with van der Waals surface area (Å²) in [7, 11) is 0. The van der Waals surface area contributed by atoms with Gasteiger partial charge >= 0.3 is 5.97 Å². The van der Waals surface area contributed by atoms with Crippen molar-refractivity contribution >= 4 is 5.97 Å². The van der Waals surface area contributed by atoms with Crippen molar-refractivity contribution in [2.75, 3.05) is 0 Å². The summed E-state index contributed by atoms with van der Waals surface area (Å²) < 4.78 is 6.20. The number of fused-ring (bicyclic) bond motifs is 5. The van der Waals surface area contributed by atoms with Gasteiger partial charge in [0.15, 0.2) is 0 Å². The zero-order chi connectivity index (χ0) is 26.4. The van der Waals surface area contributed by atoms with E-state index >= 15 is 0 Å². The Bertz CT molecular complexity index is 872. The van der Waals surface area contributed by atoms with E-state index in [9.17, 15) is 4.79 Å². The van der Waals surface area contributed by atoms with Gasteiger partial charge in [0.25, 0.3) is 0 Å². The number of esters is 1. The van der Waals surface area contributed by atoms with Crippen LogP contribution >= 0.6 is 0 Å². The monoisotopic (exact) mass is 508 g/mol. The number of hydrogen-bond acceptors (Lipinski definition) is 2. The quantitative estimate of drug-likeness (QED) is 0.253. The molecule has 2 heteroatoms. The smallest absolute Gasteiger partial charge is 0.319 e. The van der Waals surface area contributed by atoms with Crippen molar-refractivity contribution < 1.29 is 9.53 Å². The predicted octanol–water partition coefficient (Wildman–Crippen LogP) is 9.54. The molecule has 0 N–H and O–H groups in total. The first-order chi connectivity index (χ1) is 17.6. The standard InChI is InChI=1S/C35H56O2/c1-24(2)11-10-12-25(3)29-15-16-30-28-14-13-26-23-27(37-32(36)33(4)19-8-7-9-20-33)17-21-34(26,5)31(28)18-22-35(29,30)6/h8-9,19-20,24-31H,7,10-18,21-23H2,1-6H3/t25-,26?,27+,28+,29-,30+,31+,34+,35-/m1/s1. The van der Waals surface area contributed by atoms with Crippen molar-refractivity contribution in [3.63, 3.8) is 0 Å². The Hall–Kier alpha value is -1.05. The first-order valence-corrected chi connectivity index (χ1v) is 16.1.